The molecule has 1 saturated carbocycles. The smallest absolute Gasteiger partial charge is 0.232 e. The lowest BCUT2D eigenvalue weighted by Crippen LogP contribution is -2.69. The van der Waals surface area contributed by atoms with Gasteiger partial charge in [0, 0.05) is 16.7 Å². The molecule has 4 heteroatoms. The van der Waals surface area contributed by atoms with Gasteiger partial charge in [-0.15, -0.1) is 0 Å². The molecule has 3 aromatic carbocycles. The zero-order valence-corrected chi connectivity index (χ0v) is 17.9. The molecule has 0 bridgehead atoms. The Hall–Kier alpha value is -3.53. The van der Waals surface area contributed by atoms with E-state index in [1.807, 2.05) is 24.3 Å². The lowest BCUT2D eigenvalue weighted by molar-refractivity contribution is -0.146. The number of amides is 1. The Morgan fingerprint density at radius 3 is 2.50 bits per heavy atom. The summed E-state index contributed by atoms with van der Waals surface area (Å²) in [5.41, 5.74) is 5.82. The van der Waals surface area contributed by atoms with E-state index in [0.717, 1.165) is 23.7 Å². The number of aromatic nitrogens is 2. The maximum atomic E-state index is 14.1. The zero-order valence-electron chi connectivity index (χ0n) is 17.9. The number of nitrogens with zero attached hydrogens (tertiary/aromatic N) is 2. The summed E-state index contributed by atoms with van der Waals surface area (Å²) < 4.78 is 0. The van der Waals surface area contributed by atoms with Crippen LogP contribution in [0.1, 0.15) is 53.9 Å². The molecule has 1 amide bonds. The Bertz CT molecular complexity index is 1420. The Morgan fingerprint density at radius 1 is 0.938 bits per heavy atom. The fourth-order valence-corrected chi connectivity index (χ4v) is 7.32. The van der Waals surface area contributed by atoms with Crippen LogP contribution in [0, 0.1) is 5.41 Å². The first-order valence-electron chi connectivity index (χ1n) is 11.4. The molecule has 4 aromatic rings. The van der Waals surface area contributed by atoms with Crippen LogP contribution in [0.15, 0.2) is 79.1 Å². The zero-order chi connectivity index (χ0) is 21.5. The number of hydrogen-bond acceptors (Lipinski definition) is 3. The summed E-state index contributed by atoms with van der Waals surface area (Å²) in [5, 5.41) is 4.12. The Kier molecular flexibility index (Phi) is 3.41. The van der Waals surface area contributed by atoms with Gasteiger partial charge in [0.25, 0.3) is 0 Å². The van der Waals surface area contributed by atoms with Gasteiger partial charge in [-0.05, 0) is 53.1 Å². The number of benzene rings is 3. The predicted molar refractivity (Wildman–Crippen MR) is 125 cm³/mol. The molecule has 1 spiro atoms. The number of hydrogen-bond donors (Lipinski definition) is 1. The lowest BCUT2D eigenvalue weighted by atomic mass is 9.33. The van der Waals surface area contributed by atoms with Gasteiger partial charge in [-0.25, -0.2) is 9.97 Å². The van der Waals surface area contributed by atoms with Gasteiger partial charge >= 0.3 is 0 Å². The molecule has 7 rings (SSSR count). The van der Waals surface area contributed by atoms with Crippen LogP contribution in [0.2, 0.25) is 0 Å². The minimum atomic E-state index is -0.457. The first-order chi connectivity index (χ1) is 15.7. The van der Waals surface area contributed by atoms with Gasteiger partial charge in [-0.2, -0.15) is 0 Å². The van der Waals surface area contributed by atoms with Gasteiger partial charge < -0.3 is 5.32 Å². The van der Waals surface area contributed by atoms with Gasteiger partial charge in [0.2, 0.25) is 5.91 Å². The molecule has 0 saturated heterocycles. The second kappa shape index (κ2) is 6.04. The van der Waals surface area contributed by atoms with E-state index in [0.29, 0.717) is 17.7 Å². The van der Waals surface area contributed by atoms with Crippen LogP contribution in [-0.2, 0) is 10.2 Å². The van der Waals surface area contributed by atoms with Crippen LogP contribution in [-0.4, -0.2) is 15.9 Å². The molecule has 1 fully saturated rings. The quantitative estimate of drug-likeness (QED) is 0.476. The molecule has 3 aliphatic carbocycles. The van der Waals surface area contributed by atoms with Gasteiger partial charge in [-0.3, -0.25) is 4.79 Å². The summed E-state index contributed by atoms with van der Waals surface area (Å²) in [4.78, 5) is 22.9. The summed E-state index contributed by atoms with van der Waals surface area (Å²) in [6, 6.07) is 25.4. The van der Waals surface area contributed by atoms with Gasteiger partial charge in [0.15, 0.2) is 0 Å². The summed E-state index contributed by atoms with van der Waals surface area (Å²) in [6.45, 7) is 2.17. The molecule has 0 aliphatic heterocycles. The number of carbonyl (C=O) groups excluding carboxylic acids is 1. The maximum Gasteiger partial charge on any atom is 0.232 e. The van der Waals surface area contributed by atoms with Crippen molar-refractivity contribution in [1.29, 1.82) is 0 Å². The SMILES string of the molecule is CCC1(C(=O)Nc2ncnc3ccccc23)CC2c3ccccc3C3c4ccccc4C231. The van der Waals surface area contributed by atoms with Crippen molar-refractivity contribution in [3.63, 3.8) is 0 Å². The average Bonchev–Trinajstić information content (AvgIpc) is 3.00. The Labute approximate surface area is 186 Å². The van der Waals surface area contributed by atoms with Crippen molar-refractivity contribution >= 4 is 22.6 Å². The van der Waals surface area contributed by atoms with Gasteiger partial charge in [0.1, 0.15) is 12.1 Å². The molecular weight excluding hydrogens is 394 g/mol. The van der Waals surface area contributed by atoms with Crippen LogP contribution in [0.4, 0.5) is 5.82 Å². The van der Waals surface area contributed by atoms with Crippen LogP contribution < -0.4 is 5.32 Å². The Balaban J connectivity index is 1.37. The van der Waals surface area contributed by atoms with Crippen LogP contribution in [0.25, 0.3) is 10.9 Å². The lowest BCUT2D eigenvalue weighted by Gasteiger charge is -2.68. The normalized spacial score (nSPS) is 28.5. The second-order valence-electron chi connectivity index (χ2n) is 9.40. The summed E-state index contributed by atoms with van der Waals surface area (Å²) in [5.74, 6) is 1.38. The third-order valence-electron chi connectivity index (χ3n) is 8.56. The topological polar surface area (TPSA) is 54.9 Å². The van der Waals surface area contributed by atoms with E-state index in [2.05, 4.69) is 70.7 Å². The van der Waals surface area contributed by atoms with Crippen molar-refractivity contribution in [2.45, 2.75) is 37.0 Å². The monoisotopic (exact) mass is 417 g/mol. The Morgan fingerprint density at radius 2 is 1.66 bits per heavy atom. The summed E-state index contributed by atoms with van der Waals surface area (Å²) >= 11 is 0. The van der Waals surface area contributed by atoms with E-state index >= 15 is 0 Å². The molecule has 1 aromatic heterocycles. The molecule has 4 atom stereocenters. The number of carbonyl (C=O) groups is 1. The molecule has 1 heterocycles. The minimum Gasteiger partial charge on any atom is -0.310 e. The molecule has 32 heavy (non-hydrogen) atoms. The van der Waals surface area contributed by atoms with Gasteiger partial charge in [0.05, 0.1) is 10.9 Å². The van der Waals surface area contributed by atoms with Crippen LogP contribution in [0.3, 0.4) is 0 Å². The molecule has 4 unspecified atom stereocenters. The highest BCUT2D eigenvalue weighted by Crippen LogP contribution is 2.82. The number of anilines is 1. The maximum absolute atomic E-state index is 14.1. The largest absolute Gasteiger partial charge is 0.310 e. The predicted octanol–water partition coefficient (Wildman–Crippen LogP) is 5.55. The highest BCUT2D eigenvalue weighted by atomic mass is 16.2. The number of fused-ring (bicyclic) bond motifs is 6. The standard InChI is InChI=1S/C28H23N3O/c1-2-27(26(32)31-25-20-12-6-8-14-23(20)29-16-30-25)15-22-17-9-3-4-10-18(17)24-19-11-5-7-13-21(19)28(22,24)27/h3-14,16,22,24H,2,15H2,1H3,(H,29,30,31,32). The minimum absolute atomic E-state index is 0.0902. The molecule has 156 valence electrons. The van der Waals surface area contributed by atoms with Crippen molar-refractivity contribution in [2.75, 3.05) is 5.32 Å². The highest BCUT2D eigenvalue weighted by molar-refractivity contribution is 6.04. The molecule has 4 nitrogen and oxygen atoms in total. The highest BCUT2D eigenvalue weighted by Gasteiger charge is 2.79. The molecular formula is C28H23N3O. The molecule has 0 radical (unpaired) electrons. The van der Waals surface area contributed by atoms with E-state index in [9.17, 15) is 4.79 Å². The van der Waals surface area contributed by atoms with E-state index < -0.39 is 5.41 Å². The summed E-state index contributed by atoms with van der Waals surface area (Å²) in [7, 11) is 0. The summed E-state index contributed by atoms with van der Waals surface area (Å²) in [6.07, 6.45) is 3.21. The molecule has 3 aliphatic rings. The number of nitrogens with one attached hydrogen (secondary N) is 1. The first-order valence-corrected chi connectivity index (χ1v) is 11.4. The van der Waals surface area contributed by atoms with Crippen molar-refractivity contribution in [1.82, 2.24) is 9.97 Å². The van der Waals surface area contributed by atoms with Crippen molar-refractivity contribution in [2.24, 2.45) is 5.41 Å². The van der Waals surface area contributed by atoms with E-state index in [-0.39, 0.29) is 11.3 Å². The van der Waals surface area contributed by atoms with Crippen molar-refractivity contribution in [3.8, 4) is 0 Å². The first kappa shape index (κ1) is 18.1. The fourth-order valence-electron chi connectivity index (χ4n) is 7.32. The van der Waals surface area contributed by atoms with Crippen LogP contribution >= 0.6 is 0 Å². The molecule has 1 N–H and O–H groups in total. The van der Waals surface area contributed by atoms with Gasteiger partial charge in [-0.1, -0.05) is 67.6 Å². The third kappa shape index (κ3) is 1.85. The fraction of sp³-hybridized carbons (Fsp3) is 0.250. The van der Waals surface area contributed by atoms with Crippen LogP contribution in [0.5, 0.6) is 0 Å². The van der Waals surface area contributed by atoms with E-state index in [4.69, 9.17) is 0 Å². The second-order valence-corrected chi connectivity index (χ2v) is 9.40. The number of para-hydroxylation sites is 1. The van der Waals surface area contributed by atoms with E-state index in [1.165, 1.54) is 28.6 Å². The van der Waals surface area contributed by atoms with Crippen molar-refractivity contribution in [3.05, 3.63) is 101 Å². The third-order valence-corrected chi connectivity index (χ3v) is 8.56. The van der Waals surface area contributed by atoms with E-state index in [1.54, 1.807) is 0 Å². The van der Waals surface area contributed by atoms with Crippen molar-refractivity contribution < 1.29 is 4.79 Å². The average molecular weight is 418 g/mol. The number of rotatable bonds is 3.